The Labute approximate surface area is 129 Å². The number of pyridine rings is 1. The normalized spacial score (nSPS) is 15.3. The van der Waals surface area contributed by atoms with Gasteiger partial charge in [-0.15, -0.1) is 0 Å². The Bertz CT molecular complexity index is 529. The number of urea groups is 1. The smallest absolute Gasteiger partial charge is 0.322 e. The molecule has 1 aromatic heterocycles. The number of nitrogens with one attached hydrogen (secondary N) is 2. The van der Waals surface area contributed by atoms with Gasteiger partial charge in [0.25, 0.3) is 0 Å². The summed E-state index contributed by atoms with van der Waals surface area (Å²) in [5.41, 5.74) is 0.544. The standard InChI is InChI=1S/C14H21N5O3/c1-15-12(20)10-18-6-8-19(9-7-18)14(21)17-11-4-3-5-16-13(11)22-2/h3-5H,6-10H2,1-2H3,(H,15,20)(H,17,21). The molecular formula is C14H21N5O3. The number of nitrogens with zero attached hydrogens (tertiary/aromatic N) is 3. The van der Waals surface area contributed by atoms with E-state index in [-0.39, 0.29) is 11.9 Å². The van der Waals surface area contributed by atoms with E-state index >= 15 is 0 Å². The van der Waals surface area contributed by atoms with Crippen LogP contribution >= 0.6 is 0 Å². The molecule has 0 aliphatic carbocycles. The minimum atomic E-state index is -0.189. The average molecular weight is 307 g/mol. The summed E-state index contributed by atoms with van der Waals surface area (Å²) in [6, 6.07) is 3.29. The van der Waals surface area contributed by atoms with Crippen LogP contribution in [0.4, 0.5) is 10.5 Å². The van der Waals surface area contributed by atoms with Crippen LogP contribution in [0.25, 0.3) is 0 Å². The molecule has 1 saturated heterocycles. The van der Waals surface area contributed by atoms with Gasteiger partial charge in [0.1, 0.15) is 5.69 Å². The van der Waals surface area contributed by atoms with E-state index in [1.165, 1.54) is 7.11 Å². The summed E-state index contributed by atoms with van der Waals surface area (Å²) in [4.78, 5) is 31.4. The van der Waals surface area contributed by atoms with Crippen molar-refractivity contribution >= 4 is 17.6 Å². The quantitative estimate of drug-likeness (QED) is 0.817. The third kappa shape index (κ3) is 4.08. The van der Waals surface area contributed by atoms with Crippen molar-refractivity contribution in [2.45, 2.75) is 0 Å². The van der Waals surface area contributed by atoms with Crippen LogP contribution in [0.15, 0.2) is 18.3 Å². The Kier molecular flexibility index (Phi) is 5.54. The van der Waals surface area contributed by atoms with E-state index in [2.05, 4.69) is 15.6 Å². The van der Waals surface area contributed by atoms with Gasteiger partial charge in [-0.25, -0.2) is 9.78 Å². The number of carbonyl (C=O) groups is 2. The highest BCUT2D eigenvalue weighted by Crippen LogP contribution is 2.20. The molecule has 0 bridgehead atoms. The number of carbonyl (C=O) groups excluding carboxylic acids is 2. The Morgan fingerprint density at radius 3 is 2.68 bits per heavy atom. The third-order valence-corrected chi connectivity index (χ3v) is 3.51. The molecular weight excluding hydrogens is 286 g/mol. The Morgan fingerprint density at radius 1 is 1.32 bits per heavy atom. The predicted molar refractivity (Wildman–Crippen MR) is 81.9 cm³/mol. The molecule has 0 radical (unpaired) electrons. The minimum absolute atomic E-state index is 0.0157. The summed E-state index contributed by atoms with van der Waals surface area (Å²) in [5.74, 6) is 0.368. The van der Waals surface area contributed by atoms with Gasteiger partial charge >= 0.3 is 6.03 Å². The first-order chi connectivity index (χ1) is 10.6. The van der Waals surface area contributed by atoms with Crippen LogP contribution in [0, 0.1) is 0 Å². The van der Waals surface area contributed by atoms with Crippen molar-refractivity contribution in [1.29, 1.82) is 0 Å². The van der Waals surface area contributed by atoms with Gasteiger partial charge in [0.05, 0.1) is 13.7 Å². The van der Waals surface area contributed by atoms with Gasteiger partial charge in [-0.2, -0.15) is 0 Å². The van der Waals surface area contributed by atoms with Crippen molar-refractivity contribution in [3.63, 3.8) is 0 Å². The van der Waals surface area contributed by atoms with E-state index in [4.69, 9.17) is 4.74 Å². The number of amides is 3. The maximum absolute atomic E-state index is 12.3. The van der Waals surface area contributed by atoms with E-state index in [0.29, 0.717) is 44.3 Å². The molecule has 22 heavy (non-hydrogen) atoms. The lowest BCUT2D eigenvalue weighted by molar-refractivity contribution is -0.122. The minimum Gasteiger partial charge on any atom is -0.480 e. The van der Waals surface area contributed by atoms with E-state index in [1.54, 1.807) is 30.3 Å². The van der Waals surface area contributed by atoms with Gasteiger partial charge in [-0.05, 0) is 12.1 Å². The predicted octanol–water partition coefficient (Wildman–Crippen LogP) is -0.0143. The molecule has 8 heteroatoms. The molecule has 3 amide bonds. The highest BCUT2D eigenvalue weighted by atomic mass is 16.5. The van der Waals surface area contributed by atoms with Gasteiger partial charge in [-0.3, -0.25) is 9.69 Å². The fourth-order valence-corrected chi connectivity index (χ4v) is 2.23. The summed E-state index contributed by atoms with van der Waals surface area (Å²) in [6.07, 6.45) is 1.60. The lowest BCUT2D eigenvalue weighted by Gasteiger charge is -2.34. The number of piperazine rings is 1. The Morgan fingerprint density at radius 2 is 2.05 bits per heavy atom. The fraction of sp³-hybridized carbons (Fsp3) is 0.500. The number of hydrogen-bond donors (Lipinski definition) is 2. The zero-order valence-electron chi connectivity index (χ0n) is 12.8. The second-order valence-electron chi connectivity index (χ2n) is 4.93. The number of anilines is 1. The topological polar surface area (TPSA) is 86.8 Å². The molecule has 1 aliphatic heterocycles. The van der Waals surface area contributed by atoms with Gasteiger partial charge in [0, 0.05) is 39.4 Å². The molecule has 2 heterocycles. The second-order valence-corrected chi connectivity index (χ2v) is 4.93. The molecule has 1 fully saturated rings. The molecule has 0 aromatic carbocycles. The highest BCUT2D eigenvalue weighted by Gasteiger charge is 2.22. The first-order valence-electron chi connectivity index (χ1n) is 7.12. The summed E-state index contributed by atoms with van der Waals surface area (Å²) in [7, 11) is 3.13. The number of rotatable bonds is 4. The maximum Gasteiger partial charge on any atom is 0.322 e. The largest absolute Gasteiger partial charge is 0.480 e. The number of likely N-dealkylation sites (N-methyl/N-ethyl adjacent to an activating group) is 1. The second kappa shape index (κ2) is 7.60. The fourth-order valence-electron chi connectivity index (χ4n) is 2.23. The van der Waals surface area contributed by atoms with Crippen molar-refractivity contribution in [2.75, 3.05) is 52.2 Å². The van der Waals surface area contributed by atoms with Crippen LogP contribution < -0.4 is 15.4 Å². The zero-order valence-corrected chi connectivity index (χ0v) is 12.8. The van der Waals surface area contributed by atoms with Crippen molar-refractivity contribution in [3.05, 3.63) is 18.3 Å². The molecule has 0 saturated carbocycles. The van der Waals surface area contributed by atoms with Gasteiger partial charge in [-0.1, -0.05) is 0 Å². The first-order valence-corrected chi connectivity index (χ1v) is 7.12. The summed E-state index contributed by atoms with van der Waals surface area (Å²) in [5, 5.41) is 5.40. The van der Waals surface area contributed by atoms with Crippen LogP contribution in [0.3, 0.4) is 0 Å². The molecule has 1 aromatic rings. The van der Waals surface area contributed by atoms with Crippen molar-refractivity contribution in [3.8, 4) is 5.88 Å². The molecule has 0 atom stereocenters. The molecule has 0 unspecified atom stereocenters. The van der Waals surface area contributed by atoms with Crippen LogP contribution in [0.1, 0.15) is 0 Å². The SMILES string of the molecule is CNC(=O)CN1CCN(C(=O)Nc2cccnc2OC)CC1. The lowest BCUT2D eigenvalue weighted by Crippen LogP contribution is -2.51. The molecule has 2 rings (SSSR count). The monoisotopic (exact) mass is 307 g/mol. The van der Waals surface area contributed by atoms with E-state index in [1.807, 2.05) is 4.90 Å². The van der Waals surface area contributed by atoms with Crippen molar-refractivity contribution < 1.29 is 14.3 Å². The Balaban J connectivity index is 1.86. The number of methoxy groups -OCH3 is 1. The van der Waals surface area contributed by atoms with Crippen LogP contribution in [-0.2, 0) is 4.79 Å². The highest BCUT2D eigenvalue weighted by molar-refractivity contribution is 5.90. The van der Waals surface area contributed by atoms with Gasteiger partial charge in [0.2, 0.25) is 11.8 Å². The number of ether oxygens (including phenoxy) is 1. The maximum atomic E-state index is 12.3. The number of aromatic nitrogens is 1. The lowest BCUT2D eigenvalue weighted by atomic mass is 10.3. The molecule has 8 nitrogen and oxygen atoms in total. The molecule has 2 N–H and O–H groups in total. The zero-order chi connectivity index (χ0) is 15.9. The average Bonchev–Trinajstić information content (AvgIpc) is 2.55. The van der Waals surface area contributed by atoms with Gasteiger partial charge < -0.3 is 20.3 Å². The van der Waals surface area contributed by atoms with Crippen molar-refractivity contribution in [2.24, 2.45) is 0 Å². The van der Waals surface area contributed by atoms with E-state index in [9.17, 15) is 9.59 Å². The first kappa shape index (κ1) is 16.0. The van der Waals surface area contributed by atoms with Crippen LogP contribution in [-0.4, -0.2) is 73.6 Å². The van der Waals surface area contributed by atoms with E-state index in [0.717, 1.165) is 0 Å². The number of hydrogen-bond acceptors (Lipinski definition) is 5. The molecule has 1 aliphatic rings. The molecule has 120 valence electrons. The Hall–Kier alpha value is -2.35. The van der Waals surface area contributed by atoms with Crippen LogP contribution in [0.2, 0.25) is 0 Å². The van der Waals surface area contributed by atoms with Crippen LogP contribution in [0.5, 0.6) is 5.88 Å². The van der Waals surface area contributed by atoms with E-state index < -0.39 is 0 Å². The molecule has 0 spiro atoms. The van der Waals surface area contributed by atoms with Gasteiger partial charge in [0.15, 0.2) is 0 Å². The summed E-state index contributed by atoms with van der Waals surface area (Å²) >= 11 is 0. The van der Waals surface area contributed by atoms with Crippen molar-refractivity contribution in [1.82, 2.24) is 20.1 Å². The summed E-state index contributed by atoms with van der Waals surface area (Å²) in [6.45, 7) is 2.86. The summed E-state index contributed by atoms with van der Waals surface area (Å²) < 4.78 is 5.11. The third-order valence-electron chi connectivity index (χ3n) is 3.51.